The minimum atomic E-state index is -0.336. The normalized spacial score (nSPS) is 18.3. The number of rotatable bonds is 6. The Kier molecular flexibility index (Phi) is 7.64. The summed E-state index contributed by atoms with van der Waals surface area (Å²) in [7, 11) is 1.97. The highest BCUT2D eigenvalue weighted by atomic mass is 35.5. The van der Waals surface area contributed by atoms with Crippen LogP contribution in [0, 0.1) is 11.7 Å². The molecular formula is C15H23ClFN3O. The number of carbonyl (C=O) groups excluding carboxylic acids is 1. The van der Waals surface area contributed by atoms with E-state index >= 15 is 0 Å². The molecule has 0 aliphatic carbocycles. The van der Waals surface area contributed by atoms with Gasteiger partial charge in [0.05, 0.1) is 0 Å². The van der Waals surface area contributed by atoms with Crippen LogP contribution >= 0.6 is 12.4 Å². The van der Waals surface area contributed by atoms with E-state index in [9.17, 15) is 9.18 Å². The molecule has 0 aromatic heterocycles. The number of nitrogens with zero attached hydrogens (tertiary/aromatic N) is 1. The Balaban J connectivity index is 0.00000220. The first-order valence-corrected chi connectivity index (χ1v) is 7.10. The zero-order valence-corrected chi connectivity index (χ0v) is 13.1. The summed E-state index contributed by atoms with van der Waals surface area (Å²) in [6.07, 6.45) is 1.63. The van der Waals surface area contributed by atoms with Gasteiger partial charge in [0.2, 0.25) is 5.91 Å². The maximum absolute atomic E-state index is 13.0. The molecule has 4 nitrogen and oxygen atoms in total. The highest BCUT2D eigenvalue weighted by molar-refractivity contribution is 5.90. The third kappa shape index (κ3) is 5.99. The quantitative estimate of drug-likeness (QED) is 0.845. The van der Waals surface area contributed by atoms with Crippen LogP contribution < -0.4 is 10.6 Å². The van der Waals surface area contributed by atoms with Crippen molar-refractivity contribution in [2.75, 3.05) is 38.5 Å². The summed E-state index contributed by atoms with van der Waals surface area (Å²) >= 11 is 0. The Hall–Kier alpha value is -1.17. The number of hydrogen-bond donors (Lipinski definition) is 2. The van der Waals surface area contributed by atoms with Gasteiger partial charge in [0.25, 0.3) is 0 Å². The molecule has 0 spiro atoms. The van der Waals surface area contributed by atoms with Gasteiger partial charge in [-0.3, -0.25) is 4.79 Å². The Morgan fingerprint density at radius 2 is 2.29 bits per heavy atom. The van der Waals surface area contributed by atoms with Gasteiger partial charge >= 0.3 is 0 Å². The van der Waals surface area contributed by atoms with Gasteiger partial charge in [-0.05, 0) is 50.7 Å². The highest BCUT2D eigenvalue weighted by Crippen LogP contribution is 2.15. The topological polar surface area (TPSA) is 44.4 Å². The number of amides is 1. The summed E-state index contributed by atoms with van der Waals surface area (Å²) in [4.78, 5) is 14.1. The summed E-state index contributed by atoms with van der Waals surface area (Å²) in [5.41, 5.74) is 0.518. The number of carbonyl (C=O) groups is 1. The molecule has 0 bridgehead atoms. The van der Waals surface area contributed by atoms with Crippen LogP contribution in [0.3, 0.4) is 0 Å². The number of nitrogens with one attached hydrogen (secondary N) is 2. The molecule has 2 N–H and O–H groups in total. The lowest BCUT2D eigenvalue weighted by Crippen LogP contribution is -2.27. The zero-order valence-electron chi connectivity index (χ0n) is 12.3. The number of benzene rings is 1. The van der Waals surface area contributed by atoms with Crippen molar-refractivity contribution in [3.8, 4) is 0 Å². The zero-order chi connectivity index (χ0) is 14.4. The Morgan fingerprint density at radius 1 is 1.48 bits per heavy atom. The smallest absolute Gasteiger partial charge is 0.225 e. The van der Waals surface area contributed by atoms with Crippen LogP contribution in [-0.2, 0) is 4.79 Å². The van der Waals surface area contributed by atoms with Gasteiger partial charge in [0.15, 0.2) is 0 Å². The number of anilines is 1. The van der Waals surface area contributed by atoms with Crippen LogP contribution in [0.1, 0.15) is 12.8 Å². The van der Waals surface area contributed by atoms with E-state index < -0.39 is 0 Å². The maximum atomic E-state index is 13.0. The fourth-order valence-electron chi connectivity index (χ4n) is 2.62. The minimum Gasteiger partial charge on any atom is -0.326 e. The van der Waals surface area contributed by atoms with E-state index in [1.165, 1.54) is 18.6 Å². The van der Waals surface area contributed by atoms with Gasteiger partial charge < -0.3 is 15.5 Å². The van der Waals surface area contributed by atoms with Gasteiger partial charge in [-0.15, -0.1) is 12.4 Å². The first-order chi connectivity index (χ1) is 9.67. The molecule has 1 aromatic rings. The molecule has 1 amide bonds. The standard InChI is InChI=1S/C15H22FN3O.ClH/c1-17-10-12-5-7-19(11-12)8-6-15(20)18-14-4-2-3-13(16)9-14;/h2-4,9,12,17H,5-8,10-11H2,1H3,(H,18,20);1H. The molecule has 1 aliphatic rings. The van der Waals surface area contributed by atoms with E-state index in [1.54, 1.807) is 12.1 Å². The Bertz CT molecular complexity index is 458. The maximum Gasteiger partial charge on any atom is 0.225 e. The van der Waals surface area contributed by atoms with Crippen molar-refractivity contribution >= 4 is 24.0 Å². The molecule has 1 fully saturated rings. The number of halogens is 2. The van der Waals surface area contributed by atoms with Crippen molar-refractivity contribution in [2.45, 2.75) is 12.8 Å². The van der Waals surface area contributed by atoms with E-state index in [0.29, 0.717) is 18.0 Å². The summed E-state index contributed by atoms with van der Waals surface area (Å²) in [5.74, 6) is 0.288. The van der Waals surface area contributed by atoms with E-state index in [1.807, 2.05) is 7.05 Å². The third-order valence-electron chi connectivity index (χ3n) is 3.63. The second-order valence-electron chi connectivity index (χ2n) is 5.32. The van der Waals surface area contributed by atoms with E-state index in [-0.39, 0.29) is 24.1 Å². The van der Waals surface area contributed by atoms with Crippen LogP contribution in [-0.4, -0.2) is 44.0 Å². The van der Waals surface area contributed by atoms with Gasteiger partial charge in [0.1, 0.15) is 5.82 Å². The van der Waals surface area contributed by atoms with Crippen molar-refractivity contribution in [1.29, 1.82) is 0 Å². The molecule has 1 saturated heterocycles. The molecule has 1 aromatic carbocycles. The molecule has 0 radical (unpaired) electrons. The summed E-state index contributed by atoms with van der Waals surface area (Å²) in [5, 5.41) is 5.92. The second-order valence-corrected chi connectivity index (χ2v) is 5.32. The molecule has 0 saturated carbocycles. The number of likely N-dealkylation sites (tertiary alicyclic amines) is 1. The predicted octanol–water partition coefficient (Wildman–Crippen LogP) is 2.12. The van der Waals surface area contributed by atoms with Crippen LogP contribution in [0.25, 0.3) is 0 Å². The van der Waals surface area contributed by atoms with Crippen molar-refractivity contribution in [1.82, 2.24) is 10.2 Å². The van der Waals surface area contributed by atoms with Crippen LogP contribution in [0.5, 0.6) is 0 Å². The SMILES string of the molecule is CNCC1CCN(CCC(=O)Nc2cccc(F)c2)C1.Cl. The van der Waals surface area contributed by atoms with Crippen molar-refractivity contribution in [3.05, 3.63) is 30.1 Å². The second kappa shape index (κ2) is 8.97. The highest BCUT2D eigenvalue weighted by Gasteiger charge is 2.21. The van der Waals surface area contributed by atoms with E-state index in [4.69, 9.17) is 0 Å². The third-order valence-corrected chi connectivity index (χ3v) is 3.63. The fourth-order valence-corrected chi connectivity index (χ4v) is 2.62. The van der Waals surface area contributed by atoms with Gasteiger partial charge in [0, 0.05) is 25.2 Å². The van der Waals surface area contributed by atoms with Gasteiger partial charge in [-0.25, -0.2) is 4.39 Å². The largest absolute Gasteiger partial charge is 0.326 e. The predicted molar refractivity (Wildman–Crippen MR) is 85.4 cm³/mol. The molecular weight excluding hydrogens is 293 g/mol. The van der Waals surface area contributed by atoms with Crippen LogP contribution in [0.15, 0.2) is 24.3 Å². The van der Waals surface area contributed by atoms with Crippen molar-refractivity contribution in [3.63, 3.8) is 0 Å². The lowest BCUT2D eigenvalue weighted by atomic mass is 10.1. The first-order valence-electron chi connectivity index (χ1n) is 7.10. The molecule has 1 aliphatic heterocycles. The van der Waals surface area contributed by atoms with E-state index in [0.717, 1.165) is 26.2 Å². The molecule has 1 atom stereocenters. The van der Waals surface area contributed by atoms with E-state index in [2.05, 4.69) is 15.5 Å². The summed E-state index contributed by atoms with van der Waals surface area (Å²) in [6.45, 7) is 3.90. The molecule has 1 unspecified atom stereocenters. The molecule has 2 rings (SSSR count). The molecule has 6 heteroatoms. The molecule has 118 valence electrons. The molecule has 21 heavy (non-hydrogen) atoms. The van der Waals surface area contributed by atoms with Gasteiger partial charge in [-0.1, -0.05) is 6.07 Å². The van der Waals surface area contributed by atoms with Crippen molar-refractivity contribution < 1.29 is 9.18 Å². The average Bonchev–Trinajstić information content (AvgIpc) is 2.85. The fraction of sp³-hybridized carbons (Fsp3) is 0.533. The van der Waals surface area contributed by atoms with Crippen LogP contribution in [0.4, 0.5) is 10.1 Å². The summed E-state index contributed by atoms with van der Waals surface area (Å²) < 4.78 is 13.0. The van der Waals surface area contributed by atoms with Crippen molar-refractivity contribution in [2.24, 2.45) is 5.92 Å². The Labute approximate surface area is 131 Å². The summed E-state index contributed by atoms with van der Waals surface area (Å²) in [6, 6.07) is 5.98. The lowest BCUT2D eigenvalue weighted by molar-refractivity contribution is -0.116. The van der Waals surface area contributed by atoms with Crippen LogP contribution in [0.2, 0.25) is 0 Å². The average molecular weight is 316 g/mol. The monoisotopic (exact) mass is 315 g/mol. The lowest BCUT2D eigenvalue weighted by Gasteiger charge is -2.15. The Morgan fingerprint density at radius 3 is 3.00 bits per heavy atom. The number of hydrogen-bond acceptors (Lipinski definition) is 3. The molecule has 1 heterocycles. The minimum absolute atomic E-state index is 0. The first kappa shape index (κ1) is 17.9. The van der Waals surface area contributed by atoms with Gasteiger partial charge in [-0.2, -0.15) is 0 Å².